The molecule has 1 aromatic carbocycles. The molecule has 6 rings (SSSR count). The summed E-state index contributed by atoms with van der Waals surface area (Å²) in [6, 6.07) is 8.11. The average molecular weight is 457 g/mol. The molecule has 174 valence electrons. The van der Waals surface area contributed by atoms with E-state index < -0.39 is 0 Å². The number of likely N-dealkylation sites (N-methyl/N-ethyl adjacent to an activating group) is 1. The quantitative estimate of drug-likeness (QED) is 0.465. The van der Waals surface area contributed by atoms with Gasteiger partial charge >= 0.3 is 0 Å². The van der Waals surface area contributed by atoms with Gasteiger partial charge in [0.2, 0.25) is 5.91 Å². The number of imidazole rings is 2. The summed E-state index contributed by atoms with van der Waals surface area (Å²) in [4.78, 5) is 29.0. The Kier molecular flexibility index (Phi) is 4.99. The third kappa shape index (κ3) is 3.32. The lowest BCUT2D eigenvalue weighted by atomic mass is 9.98. The van der Waals surface area contributed by atoms with Crippen molar-refractivity contribution in [1.29, 1.82) is 0 Å². The van der Waals surface area contributed by atoms with Crippen molar-refractivity contribution < 1.29 is 9.53 Å². The first-order valence-corrected chi connectivity index (χ1v) is 11.8. The second-order valence-electron chi connectivity index (χ2n) is 9.38. The lowest BCUT2D eigenvalue weighted by Gasteiger charge is -2.32. The van der Waals surface area contributed by atoms with Crippen LogP contribution in [0, 0.1) is 6.92 Å². The lowest BCUT2D eigenvalue weighted by Crippen LogP contribution is -2.40. The molecule has 1 saturated heterocycles. The number of amides is 1. The van der Waals surface area contributed by atoms with Crippen LogP contribution in [-0.2, 0) is 16.1 Å². The van der Waals surface area contributed by atoms with E-state index in [0.717, 1.165) is 71.1 Å². The smallest absolute Gasteiger partial charge is 0.245 e. The van der Waals surface area contributed by atoms with Gasteiger partial charge in [-0.25, -0.2) is 15.0 Å². The molecule has 1 fully saturated rings. The number of fused-ring (bicyclic) bond motifs is 2. The van der Waals surface area contributed by atoms with Crippen molar-refractivity contribution in [1.82, 2.24) is 29.0 Å². The van der Waals surface area contributed by atoms with Crippen LogP contribution in [0.4, 0.5) is 0 Å². The Morgan fingerprint density at radius 3 is 2.74 bits per heavy atom. The molecule has 0 saturated carbocycles. The van der Waals surface area contributed by atoms with Gasteiger partial charge in [-0.15, -0.1) is 0 Å². The second kappa shape index (κ2) is 8.06. The number of carbonyl (C=O) groups excluding carboxylic acids is 1. The molecule has 5 heterocycles. The molecule has 4 aromatic rings. The summed E-state index contributed by atoms with van der Waals surface area (Å²) in [5.41, 5.74) is 4.05. The zero-order valence-electron chi connectivity index (χ0n) is 19.7. The molecule has 8 heteroatoms. The van der Waals surface area contributed by atoms with E-state index in [1.54, 1.807) is 6.33 Å². The van der Waals surface area contributed by atoms with Gasteiger partial charge in [0.1, 0.15) is 24.0 Å². The fraction of sp³-hybridized carbons (Fsp3) is 0.385. The molecule has 0 spiro atoms. The van der Waals surface area contributed by atoms with E-state index in [0.29, 0.717) is 12.5 Å². The van der Waals surface area contributed by atoms with E-state index in [1.165, 1.54) is 0 Å². The Bertz CT molecular complexity index is 1400. The predicted octanol–water partition coefficient (Wildman–Crippen LogP) is 4.02. The third-order valence-corrected chi connectivity index (χ3v) is 7.11. The summed E-state index contributed by atoms with van der Waals surface area (Å²) in [6.07, 6.45) is 7.54. The maximum Gasteiger partial charge on any atom is 0.245 e. The maximum absolute atomic E-state index is 12.9. The van der Waals surface area contributed by atoms with Crippen LogP contribution in [0.25, 0.3) is 27.8 Å². The van der Waals surface area contributed by atoms with Gasteiger partial charge in [-0.1, -0.05) is 18.2 Å². The van der Waals surface area contributed by atoms with Crippen molar-refractivity contribution in [3.63, 3.8) is 0 Å². The highest BCUT2D eigenvalue weighted by atomic mass is 16.5. The van der Waals surface area contributed by atoms with Crippen molar-refractivity contribution in [3.05, 3.63) is 60.2 Å². The van der Waals surface area contributed by atoms with E-state index in [1.807, 2.05) is 42.8 Å². The molecule has 2 aliphatic rings. The topological polar surface area (TPSA) is 78.1 Å². The molecule has 2 aliphatic heterocycles. The summed E-state index contributed by atoms with van der Waals surface area (Å²) in [7, 11) is 1.87. The van der Waals surface area contributed by atoms with Gasteiger partial charge in [0, 0.05) is 49.5 Å². The summed E-state index contributed by atoms with van der Waals surface area (Å²) in [5, 5.41) is 2.14. The number of nitrogens with zero attached hydrogens (tertiary/aromatic N) is 6. The van der Waals surface area contributed by atoms with Gasteiger partial charge in [0.05, 0.1) is 23.6 Å². The van der Waals surface area contributed by atoms with Crippen LogP contribution in [0.15, 0.2) is 43.0 Å². The molecule has 0 radical (unpaired) electrons. The SMILES string of the molecule is Cc1cn(-c2cc3cccc(-c4nc(C5CCOCC5)n5c4CN(C)C(=O)C5C)c3cn2)cn1. The minimum atomic E-state index is -0.267. The van der Waals surface area contributed by atoms with Crippen LogP contribution in [-0.4, -0.2) is 55.2 Å². The molecule has 1 atom stereocenters. The Morgan fingerprint density at radius 2 is 1.97 bits per heavy atom. The van der Waals surface area contributed by atoms with E-state index in [2.05, 4.69) is 33.8 Å². The monoisotopic (exact) mass is 456 g/mol. The summed E-state index contributed by atoms with van der Waals surface area (Å²) < 4.78 is 9.73. The fourth-order valence-corrected chi connectivity index (χ4v) is 5.31. The fourth-order valence-electron chi connectivity index (χ4n) is 5.31. The first kappa shape index (κ1) is 21.0. The maximum atomic E-state index is 12.9. The molecule has 0 aliphatic carbocycles. The minimum absolute atomic E-state index is 0.129. The van der Waals surface area contributed by atoms with E-state index in [-0.39, 0.29) is 11.9 Å². The van der Waals surface area contributed by atoms with Crippen molar-refractivity contribution >= 4 is 16.7 Å². The van der Waals surface area contributed by atoms with Crippen LogP contribution in [0.1, 0.15) is 48.9 Å². The number of aromatic nitrogens is 5. The number of benzene rings is 1. The lowest BCUT2D eigenvalue weighted by molar-refractivity contribution is -0.135. The molecule has 3 aromatic heterocycles. The average Bonchev–Trinajstić information content (AvgIpc) is 3.46. The Labute approximate surface area is 198 Å². The van der Waals surface area contributed by atoms with Crippen LogP contribution < -0.4 is 0 Å². The van der Waals surface area contributed by atoms with Gasteiger partial charge in [0.25, 0.3) is 0 Å². The molecule has 1 unspecified atom stereocenters. The predicted molar refractivity (Wildman–Crippen MR) is 129 cm³/mol. The third-order valence-electron chi connectivity index (χ3n) is 7.11. The first-order chi connectivity index (χ1) is 16.5. The Morgan fingerprint density at radius 1 is 1.15 bits per heavy atom. The molecule has 8 nitrogen and oxygen atoms in total. The van der Waals surface area contributed by atoms with E-state index >= 15 is 0 Å². The summed E-state index contributed by atoms with van der Waals surface area (Å²) in [5.74, 6) is 2.27. The molecular formula is C26H28N6O2. The van der Waals surface area contributed by atoms with Crippen LogP contribution in [0.5, 0.6) is 0 Å². The molecule has 1 amide bonds. The molecule has 0 bridgehead atoms. The summed E-state index contributed by atoms with van der Waals surface area (Å²) >= 11 is 0. The Hall–Kier alpha value is -3.52. The first-order valence-electron chi connectivity index (χ1n) is 11.8. The molecular weight excluding hydrogens is 428 g/mol. The molecule has 0 N–H and O–H groups in total. The highest BCUT2D eigenvalue weighted by molar-refractivity contribution is 5.97. The van der Waals surface area contributed by atoms with Gasteiger partial charge in [-0.3, -0.25) is 9.36 Å². The van der Waals surface area contributed by atoms with Crippen LogP contribution in [0.2, 0.25) is 0 Å². The number of carbonyl (C=O) groups is 1. The van der Waals surface area contributed by atoms with E-state index in [9.17, 15) is 4.79 Å². The summed E-state index contributed by atoms with van der Waals surface area (Å²) in [6.45, 7) is 5.97. The number of pyridine rings is 1. The number of rotatable bonds is 3. The second-order valence-corrected chi connectivity index (χ2v) is 9.38. The van der Waals surface area contributed by atoms with Gasteiger partial charge in [-0.05, 0) is 38.1 Å². The van der Waals surface area contributed by atoms with Crippen molar-refractivity contribution in [2.24, 2.45) is 0 Å². The number of hydrogen-bond acceptors (Lipinski definition) is 5. The number of hydrogen-bond donors (Lipinski definition) is 0. The highest BCUT2D eigenvalue weighted by Gasteiger charge is 2.36. The Balaban J connectivity index is 1.52. The highest BCUT2D eigenvalue weighted by Crippen LogP contribution is 2.39. The zero-order chi connectivity index (χ0) is 23.4. The van der Waals surface area contributed by atoms with Crippen molar-refractivity contribution in [2.75, 3.05) is 20.3 Å². The standard InChI is InChI=1S/C26H28N6O2/c1-16-13-31(15-28-16)23-11-19-5-4-6-20(21(19)12-27-23)24-22-14-30(3)26(33)17(2)32(22)25(29-24)18-7-9-34-10-8-18/h4-6,11-13,15,17-18H,7-10,14H2,1-3H3. The largest absolute Gasteiger partial charge is 0.381 e. The minimum Gasteiger partial charge on any atom is -0.381 e. The zero-order valence-corrected chi connectivity index (χ0v) is 19.7. The van der Waals surface area contributed by atoms with Crippen molar-refractivity contribution in [2.45, 2.75) is 45.2 Å². The normalized spacial score (nSPS) is 19.1. The van der Waals surface area contributed by atoms with E-state index in [4.69, 9.17) is 14.7 Å². The van der Waals surface area contributed by atoms with Gasteiger partial charge < -0.3 is 14.2 Å². The van der Waals surface area contributed by atoms with Gasteiger partial charge in [0.15, 0.2) is 0 Å². The van der Waals surface area contributed by atoms with Crippen LogP contribution >= 0.6 is 0 Å². The van der Waals surface area contributed by atoms with Gasteiger partial charge in [-0.2, -0.15) is 0 Å². The van der Waals surface area contributed by atoms with Crippen molar-refractivity contribution in [3.8, 4) is 17.1 Å². The van der Waals surface area contributed by atoms with Crippen LogP contribution in [0.3, 0.4) is 0 Å². The molecule has 34 heavy (non-hydrogen) atoms. The number of ether oxygens (including phenoxy) is 1. The number of aryl methyl sites for hydroxylation is 1.